The summed E-state index contributed by atoms with van der Waals surface area (Å²) in [6.07, 6.45) is -1.32. The van der Waals surface area contributed by atoms with Gasteiger partial charge in [0.1, 0.15) is 11.9 Å². The molecule has 0 atom stereocenters. The van der Waals surface area contributed by atoms with Gasteiger partial charge in [0, 0.05) is 0 Å². The standard InChI is InChI=1S/C10H10Cl2O3/c11-6-9(7-12)15-10(13)14-8-4-2-1-3-5-8/h1-5,9H,6-7H2. The smallest absolute Gasteiger partial charge is 0.428 e. The van der Waals surface area contributed by atoms with E-state index in [2.05, 4.69) is 0 Å². The Balaban J connectivity index is 2.43. The van der Waals surface area contributed by atoms with E-state index in [1.807, 2.05) is 6.07 Å². The molecule has 0 fully saturated rings. The molecule has 1 aromatic carbocycles. The van der Waals surface area contributed by atoms with Crippen molar-refractivity contribution in [3.63, 3.8) is 0 Å². The average molecular weight is 249 g/mol. The molecule has 0 saturated heterocycles. The van der Waals surface area contributed by atoms with Gasteiger partial charge >= 0.3 is 6.16 Å². The van der Waals surface area contributed by atoms with Crippen LogP contribution in [0.4, 0.5) is 4.79 Å². The molecule has 0 bridgehead atoms. The molecule has 0 aromatic heterocycles. The fraction of sp³-hybridized carbons (Fsp3) is 0.300. The maximum absolute atomic E-state index is 11.2. The summed E-state index contributed by atoms with van der Waals surface area (Å²) < 4.78 is 9.70. The van der Waals surface area contributed by atoms with Gasteiger partial charge in [-0.15, -0.1) is 23.2 Å². The molecule has 0 spiro atoms. The number of halogens is 2. The predicted octanol–water partition coefficient (Wildman–Crippen LogP) is 3.05. The molecular formula is C10H10Cl2O3. The SMILES string of the molecule is O=C(Oc1ccccc1)OC(CCl)CCl. The molecule has 82 valence electrons. The van der Waals surface area contributed by atoms with Crippen molar-refractivity contribution < 1.29 is 14.3 Å². The molecule has 0 unspecified atom stereocenters. The minimum Gasteiger partial charge on any atom is -0.428 e. The number of carbonyl (C=O) groups is 1. The predicted molar refractivity (Wildman–Crippen MR) is 58.8 cm³/mol. The zero-order valence-electron chi connectivity index (χ0n) is 7.86. The van der Waals surface area contributed by atoms with Crippen LogP contribution in [0.5, 0.6) is 5.75 Å². The number of benzene rings is 1. The van der Waals surface area contributed by atoms with E-state index in [1.165, 1.54) is 0 Å². The fourth-order valence-corrected chi connectivity index (χ4v) is 1.31. The first-order valence-electron chi connectivity index (χ1n) is 4.31. The van der Waals surface area contributed by atoms with Crippen LogP contribution in [0.2, 0.25) is 0 Å². The lowest BCUT2D eigenvalue weighted by molar-refractivity contribution is 0.0752. The third-order valence-corrected chi connectivity index (χ3v) is 2.24. The molecule has 5 heteroatoms. The maximum atomic E-state index is 11.2. The fourth-order valence-electron chi connectivity index (χ4n) is 0.849. The van der Waals surface area contributed by atoms with Gasteiger partial charge in [0.2, 0.25) is 0 Å². The number of ether oxygens (including phenoxy) is 2. The molecule has 0 saturated carbocycles. The van der Waals surface area contributed by atoms with Crippen molar-refractivity contribution in [3.05, 3.63) is 30.3 Å². The van der Waals surface area contributed by atoms with Gasteiger partial charge in [-0.1, -0.05) is 18.2 Å². The van der Waals surface area contributed by atoms with Crippen LogP contribution in [0.25, 0.3) is 0 Å². The van der Waals surface area contributed by atoms with Crippen LogP contribution in [-0.4, -0.2) is 24.0 Å². The second-order valence-corrected chi connectivity index (χ2v) is 3.33. The molecule has 1 rings (SSSR count). The first kappa shape index (κ1) is 12.1. The van der Waals surface area contributed by atoms with Crippen molar-refractivity contribution in [2.45, 2.75) is 6.10 Å². The van der Waals surface area contributed by atoms with Gasteiger partial charge in [-0.3, -0.25) is 0 Å². The van der Waals surface area contributed by atoms with E-state index in [4.69, 9.17) is 32.7 Å². The van der Waals surface area contributed by atoms with Crippen molar-refractivity contribution in [2.75, 3.05) is 11.8 Å². The van der Waals surface area contributed by atoms with Crippen molar-refractivity contribution in [1.29, 1.82) is 0 Å². The van der Waals surface area contributed by atoms with E-state index in [-0.39, 0.29) is 11.8 Å². The number of alkyl halides is 2. The van der Waals surface area contributed by atoms with Gasteiger partial charge in [0.05, 0.1) is 11.8 Å². The summed E-state index contributed by atoms with van der Waals surface area (Å²) >= 11 is 11.0. The summed E-state index contributed by atoms with van der Waals surface area (Å²) in [5.74, 6) is 0.714. The van der Waals surface area contributed by atoms with Gasteiger partial charge in [0.15, 0.2) is 0 Å². The third kappa shape index (κ3) is 4.40. The molecule has 0 radical (unpaired) electrons. The Kier molecular flexibility index (Phi) is 5.29. The highest BCUT2D eigenvalue weighted by molar-refractivity contribution is 6.21. The van der Waals surface area contributed by atoms with E-state index in [9.17, 15) is 4.79 Å². The van der Waals surface area contributed by atoms with Crippen LogP contribution in [0.3, 0.4) is 0 Å². The van der Waals surface area contributed by atoms with E-state index in [0.717, 1.165) is 0 Å². The number of carbonyl (C=O) groups excluding carboxylic acids is 1. The molecule has 1 aromatic rings. The Labute approximate surface area is 97.9 Å². The number of para-hydroxylation sites is 1. The quantitative estimate of drug-likeness (QED) is 0.467. The van der Waals surface area contributed by atoms with Crippen LogP contribution in [0, 0.1) is 0 Å². The molecule has 0 N–H and O–H groups in total. The molecule has 0 amide bonds. The number of rotatable bonds is 4. The third-order valence-electron chi connectivity index (χ3n) is 1.55. The van der Waals surface area contributed by atoms with Crippen LogP contribution in [0.1, 0.15) is 0 Å². The lowest BCUT2D eigenvalue weighted by atomic mass is 10.3. The van der Waals surface area contributed by atoms with Crippen LogP contribution in [-0.2, 0) is 4.74 Å². The molecule has 3 nitrogen and oxygen atoms in total. The van der Waals surface area contributed by atoms with Crippen molar-refractivity contribution in [2.24, 2.45) is 0 Å². The zero-order valence-corrected chi connectivity index (χ0v) is 9.37. The molecule has 0 aliphatic rings. The molecule has 0 heterocycles. The van der Waals surface area contributed by atoms with Gasteiger partial charge in [-0.2, -0.15) is 0 Å². The largest absolute Gasteiger partial charge is 0.514 e. The summed E-state index contributed by atoms with van der Waals surface area (Å²) in [4.78, 5) is 11.2. The Hall–Kier alpha value is -0.930. The summed E-state index contributed by atoms with van der Waals surface area (Å²) in [6.45, 7) is 0. The van der Waals surface area contributed by atoms with E-state index in [0.29, 0.717) is 5.75 Å². The number of hydrogen-bond acceptors (Lipinski definition) is 3. The second-order valence-electron chi connectivity index (χ2n) is 2.71. The normalized spacial score (nSPS) is 10.1. The van der Waals surface area contributed by atoms with Gasteiger partial charge in [-0.05, 0) is 12.1 Å². The highest BCUT2D eigenvalue weighted by Crippen LogP contribution is 2.10. The highest BCUT2D eigenvalue weighted by Gasteiger charge is 2.13. The van der Waals surface area contributed by atoms with Gasteiger partial charge < -0.3 is 9.47 Å². The van der Waals surface area contributed by atoms with E-state index in [1.54, 1.807) is 24.3 Å². The minimum absolute atomic E-state index is 0.146. The van der Waals surface area contributed by atoms with Crippen LogP contribution >= 0.6 is 23.2 Å². The Morgan fingerprint density at radius 3 is 2.33 bits per heavy atom. The van der Waals surface area contributed by atoms with Gasteiger partial charge in [0.25, 0.3) is 0 Å². The summed E-state index contributed by atoms with van der Waals surface area (Å²) in [6, 6.07) is 8.63. The van der Waals surface area contributed by atoms with Crippen LogP contribution < -0.4 is 4.74 Å². The topological polar surface area (TPSA) is 35.5 Å². The Morgan fingerprint density at radius 1 is 1.20 bits per heavy atom. The second kappa shape index (κ2) is 6.53. The Bertz CT molecular complexity index is 299. The van der Waals surface area contributed by atoms with Gasteiger partial charge in [-0.25, -0.2) is 4.79 Å². The van der Waals surface area contributed by atoms with Crippen LogP contribution in [0.15, 0.2) is 30.3 Å². The van der Waals surface area contributed by atoms with E-state index < -0.39 is 12.3 Å². The lowest BCUT2D eigenvalue weighted by Gasteiger charge is -2.11. The first-order chi connectivity index (χ1) is 7.26. The average Bonchev–Trinajstić information content (AvgIpc) is 2.27. The maximum Gasteiger partial charge on any atom is 0.514 e. The van der Waals surface area contributed by atoms with Crippen molar-refractivity contribution >= 4 is 29.4 Å². The minimum atomic E-state index is -0.799. The Morgan fingerprint density at radius 2 is 1.80 bits per heavy atom. The molecular weight excluding hydrogens is 239 g/mol. The lowest BCUT2D eigenvalue weighted by Crippen LogP contribution is -2.23. The number of hydrogen-bond donors (Lipinski definition) is 0. The summed E-state index contributed by atoms with van der Waals surface area (Å²) in [5, 5.41) is 0. The molecule has 15 heavy (non-hydrogen) atoms. The molecule has 0 aliphatic heterocycles. The van der Waals surface area contributed by atoms with E-state index >= 15 is 0 Å². The first-order valence-corrected chi connectivity index (χ1v) is 5.38. The summed E-state index contributed by atoms with van der Waals surface area (Å²) in [7, 11) is 0. The van der Waals surface area contributed by atoms with Crippen molar-refractivity contribution in [1.82, 2.24) is 0 Å². The van der Waals surface area contributed by atoms with Crippen molar-refractivity contribution in [3.8, 4) is 5.75 Å². The summed E-state index contributed by atoms with van der Waals surface area (Å²) in [5.41, 5.74) is 0. The molecule has 0 aliphatic carbocycles. The monoisotopic (exact) mass is 248 g/mol. The zero-order chi connectivity index (χ0) is 11.1. The highest BCUT2D eigenvalue weighted by atomic mass is 35.5.